The van der Waals surface area contributed by atoms with Gasteiger partial charge in [0.05, 0.1) is 5.69 Å². The van der Waals surface area contributed by atoms with Crippen LogP contribution in [0.25, 0.3) is 11.3 Å². The Morgan fingerprint density at radius 1 is 0.872 bits per heavy atom. The van der Waals surface area contributed by atoms with Gasteiger partial charge in [-0.15, -0.1) is 0 Å². The van der Waals surface area contributed by atoms with Crippen molar-refractivity contribution in [1.29, 1.82) is 0 Å². The van der Waals surface area contributed by atoms with Crippen LogP contribution < -0.4 is 0 Å². The van der Waals surface area contributed by atoms with Crippen LogP contribution in [0.3, 0.4) is 0 Å². The summed E-state index contributed by atoms with van der Waals surface area (Å²) in [4.78, 5) is 33.4. The van der Waals surface area contributed by atoms with E-state index in [0.717, 1.165) is 49.4 Å². The summed E-state index contributed by atoms with van der Waals surface area (Å²) in [5, 5.41) is 14.2. The molecule has 210 valence electrons. The second kappa shape index (κ2) is 13.6. The first kappa shape index (κ1) is 31.1. The van der Waals surface area contributed by atoms with Crippen molar-refractivity contribution >= 4 is 11.9 Å². The largest absolute Gasteiger partial charge is 0.490 e. The summed E-state index contributed by atoms with van der Waals surface area (Å²) in [5.74, 6) is -5.74. The lowest BCUT2D eigenvalue weighted by Gasteiger charge is -2.19. The Labute approximate surface area is 216 Å². The molecule has 8 nitrogen and oxygen atoms in total. The third-order valence-corrected chi connectivity index (χ3v) is 5.11. The first-order valence-electron chi connectivity index (χ1n) is 11.0. The van der Waals surface area contributed by atoms with E-state index >= 15 is 0 Å². The third-order valence-electron chi connectivity index (χ3n) is 5.11. The SMILES string of the molecule is Fc1ccc(-c2ncnc3c2CCN(Cc2cccnc2)CC3)cc1.O=C(O)C(F)(F)F.O=C(O)C(F)(F)F. The highest BCUT2D eigenvalue weighted by atomic mass is 19.4. The van der Waals surface area contributed by atoms with Crippen molar-refractivity contribution in [1.82, 2.24) is 19.9 Å². The van der Waals surface area contributed by atoms with Crippen molar-refractivity contribution < 1.29 is 50.5 Å². The lowest BCUT2D eigenvalue weighted by atomic mass is 10.0. The van der Waals surface area contributed by atoms with Gasteiger partial charge in [-0.05, 0) is 42.3 Å². The average molecular weight is 562 g/mol. The van der Waals surface area contributed by atoms with Gasteiger partial charge in [0, 0.05) is 55.3 Å². The number of pyridine rings is 1. The fraction of sp³-hybridized carbons (Fsp3) is 0.292. The Morgan fingerprint density at radius 3 is 1.95 bits per heavy atom. The highest BCUT2D eigenvalue weighted by Crippen LogP contribution is 2.26. The number of aliphatic carboxylic acids is 2. The maximum Gasteiger partial charge on any atom is 0.490 e. The van der Waals surface area contributed by atoms with Crippen molar-refractivity contribution in [3.63, 3.8) is 0 Å². The lowest BCUT2D eigenvalue weighted by molar-refractivity contribution is -0.193. The van der Waals surface area contributed by atoms with Crippen LogP contribution in [0.5, 0.6) is 0 Å². The predicted octanol–water partition coefficient (Wildman–Crippen LogP) is 4.55. The van der Waals surface area contributed by atoms with E-state index in [9.17, 15) is 30.7 Å². The lowest BCUT2D eigenvalue weighted by Crippen LogP contribution is -2.26. The van der Waals surface area contributed by atoms with Gasteiger partial charge >= 0.3 is 24.3 Å². The van der Waals surface area contributed by atoms with Crippen molar-refractivity contribution in [3.05, 3.63) is 77.8 Å². The highest BCUT2D eigenvalue weighted by Gasteiger charge is 2.38. The van der Waals surface area contributed by atoms with Gasteiger partial charge in [-0.2, -0.15) is 26.3 Å². The number of fused-ring (bicyclic) bond motifs is 1. The van der Waals surface area contributed by atoms with E-state index in [1.165, 1.54) is 23.3 Å². The molecule has 0 radical (unpaired) electrons. The Hall–Kier alpha value is -4.14. The molecule has 4 rings (SSSR count). The van der Waals surface area contributed by atoms with E-state index in [1.54, 1.807) is 24.7 Å². The van der Waals surface area contributed by atoms with Crippen LogP contribution in [0.1, 0.15) is 16.8 Å². The fourth-order valence-corrected chi connectivity index (χ4v) is 3.34. The molecule has 0 spiro atoms. The summed E-state index contributed by atoms with van der Waals surface area (Å²) in [6.07, 6.45) is -3.04. The number of benzene rings is 1. The molecule has 1 aliphatic rings. The van der Waals surface area contributed by atoms with Gasteiger partial charge in [0.15, 0.2) is 0 Å². The number of nitrogens with zero attached hydrogens (tertiary/aromatic N) is 4. The average Bonchev–Trinajstić information content (AvgIpc) is 3.07. The van der Waals surface area contributed by atoms with Gasteiger partial charge in [0.1, 0.15) is 12.1 Å². The number of rotatable bonds is 3. The molecular weight excluding hydrogens is 541 g/mol. The number of carboxylic acids is 2. The molecule has 1 aromatic carbocycles. The molecule has 0 saturated carbocycles. The Bertz CT molecular complexity index is 1210. The second-order valence-corrected chi connectivity index (χ2v) is 7.90. The number of halogens is 7. The zero-order valence-corrected chi connectivity index (χ0v) is 19.9. The van der Waals surface area contributed by atoms with E-state index in [-0.39, 0.29) is 5.82 Å². The fourth-order valence-electron chi connectivity index (χ4n) is 3.34. The molecule has 0 bridgehead atoms. The van der Waals surface area contributed by atoms with Crippen LogP contribution >= 0.6 is 0 Å². The molecule has 0 unspecified atom stereocenters. The maximum absolute atomic E-state index is 13.2. The van der Waals surface area contributed by atoms with Gasteiger partial charge in [-0.25, -0.2) is 23.9 Å². The normalized spacial score (nSPS) is 13.5. The first-order valence-corrected chi connectivity index (χ1v) is 11.0. The molecule has 2 N–H and O–H groups in total. The number of hydrogen-bond donors (Lipinski definition) is 2. The molecular formula is C24H21F7N4O4. The summed E-state index contributed by atoms with van der Waals surface area (Å²) in [7, 11) is 0. The van der Waals surface area contributed by atoms with Crippen LogP contribution in [0, 0.1) is 5.82 Å². The van der Waals surface area contributed by atoms with Crippen LogP contribution in [0.2, 0.25) is 0 Å². The van der Waals surface area contributed by atoms with Crippen molar-refractivity contribution in [2.24, 2.45) is 0 Å². The van der Waals surface area contributed by atoms with E-state index < -0.39 is 24.3 Å². The predicted molar refractivity (Wildman–Crippen MR) is 122 cm³/mol. The number of aromatic nitrogens is 3. The van der Waals surface area contributed by atoms with Gasteiger partial charge in [-0.1, -0.05) is 6.07 Å². The summed E-state index contributed by atoms with van der Waals surface area (Å²) >= 11 is 0. The minimum Gasteiger partial charge on any atom is -0.475 e. The van der Waals surface area contributed by atoms with Crippen LogP contribution in [-0.2, 0) is 29.0 Å². The van der Waals surface area contributed by atoms with Gasteiger partial charge < -0.3 is 10.2 Å². The molecule has 39 heavy (non-hydrogen) atoms. The van der Waals surface area contributed by atoms with Crippen LogP contribution in [0.15, 0.2) is 55.1 Å². The molecule has 3 aromatic rings. The second-order valence-electron chi connectivity index (χ2n) is 7.90. The van der Waals surface area contributed by atoms with E-state index in [2.05, 4.69) is 25.9 Å². The molecule has 0 amide bonds. The molecule has 1 aliphatic heterocycles. The minimum atomic E-state index is -5.08. The summed E-state index contributed by atoms with van der Waals surface area (Å²) in [6.45, 7) is 2.80. The van der Waals surface area contributed by atoms with Crippen LogP contribution in [-0.4, -0.2) is 67.4 Å². The summed E-state index contributed by atoms with van der Waals surface area (Å²) in [5.41, 5.74) is 5.37. The van der Waals surface area contributed by atoms with E-state index in [0.29, 0.717) is 0 Å². The first-order chi connectivity index (χ1) is 18.2. The van der Waals surface area contributed by atoms with Gasteiger partial charge in [0.2, 0.25) is 0 Å². The smallest absolute Gasteiger partial charge is 0.475 e. The Morgan fingerprint density at radius 2 is 1.44 bits per heavy atom. The molecule has 15 heteroatoms. The zero-order chi connectivity index (χ0) is 29.2. The Balaban J connectivity index is 0.000000317. The summed E-state index contributed by atoms with van der Waals surface area (Å²) < 4.78 is 76.7. The van der Waals surface area contributed by atoms with Gasteiger partial charge in [-0.3, -0.25) is 9.88 Å². The molecule has 2 aromatic heterocycles. The third kappa shape index (κ3) is 10.3. The quantitative estimate of drug-likeness (QED) is 0.447. The topological polar surface area (TPSA) is 117 Å². The Kier molecular flexibility index (Phi) is 10.8. The molecule has 0 saturated heterocycles. The minimum absolute atomic E-state index is 0.230. The standard InChI is InChI=1S/C20H19FN4.2C2HF3O2/c21-17-5-3-16(4-6-17)20-18-7-10-25(11-8-19(18)23-14-24-20)13-15-2-1-9-22-12-15;2*3-2(4,5)1(6)7/h1-6,9,12,14H,7-8,10-11,13H2;2*(H,6,7). The monoisotopic (exact) mass is 562 g/mol. The molecule has 0 atom stereocenters. The summed E-state index contributed by atoms with van der Waals surface area (Å²) in [6, 6.07) is 10.6. The highest BCUT2D eigenvalue weighted by molar-refractivity contribution is 5.73. The van der Waals surface area contributed by atoms with Crippen LogP contribution in [0.4, 0.5) is 30.7 Å². The molecule has 3 heterocycles. The number of alkyl halides is 6. The molecule has 0 aliphatic carbocycles. The van der Waals surface area contributed by atoms with E-state index in [1.807, 2.05) is 12.3 Å². The maximum atomic E-state index is 13.2. The van der Waals surface area contributed by atoms with Crippen molar-refractivity contribution in [2.45, 2.75) is 31.7 Å². The van der Waals surface area contributed by atoms with Crippen molar-refractivity contribution in [2.75, 3.05) is 13.1 Å². The zero-order valence-electron chi connectivity index (χ0n) is 19.9. The molecule has 0 fully saturated rings. The number of carboxylic acid groups (broad SMARTS) is 2. The van der Waals surface area contributed by atoms with Crippen molar-refractivity contribution in [3.8, 4) is 11.3 Å². The van der Waals surface area contributed by atoms with E-state index in [4.69, 9.17) is 19.8 Å². The van der Waals surface area contributed by atoms with Gasteiger partial charge in [0.25, 0.3) is 0 Å². The number of hydrogen-bond acceptors (Lipinski definition) is 6. The number of carbonyl (C=O) groups is 2.